The van der Waals surface area contributed by atoms with E-state index in [0.29, 0.717) is 4.68 Å². The number of anilines is 1. The quantitative estimate of drug-likeness (QED) is 0.134. The molecule has 9 N–H and O–H groups in total. The molecule has 0 radical (unpaired) electrons. The molecule has 0 spiro atoms. The number of phosphoric acid groups is 3. The second kappa shape index (κ2) is 10.2. The summed E-state index contributed by atoms with van der Waals surface area (Å²) in [7, 11) is -17.1. The molecule has 18 nitrogen and oxygen atoms in total. The van der Waals surface area contributed by atoms with Crippen molar-refractivity contribution in [3.05, 3.63) is 16.7 Å². The third kappa shape index (κ3) is 6.97. The Morgan fingerprint density at radius 2 is 1.91 bits per heavy atom. The third-order valence-corrected chi connectivity index (χ3v) is 7.93. The average Bonchev–Trinajstić information content (AvgIpc) is 2.88. The molecule has 0 saturated carbocycles. The second-order valence-corrected chi connectivity index (χ2v) is 10.9. The van der Waals surface area contributed by atoms with Crippen molar-refractivity contribution in [1.29, 1.82) is 0 Å². The summed E-state index contributed by atoms with van der Waals surface area (Å²) >= 11 is 0. The van der Waals surface area contributed by atoms with Crippen LogP contribution in [0, 0.1) is 11.8 Å². The lowest BCUT2D eigenvalue weighted by Gasteiger charge is -2.27. The van der Waals surface area contributed by atoms with E-state index in [9.17, 15) is 37.8 Å². The van der Waals surface area contributed by atoms with Crippen LogP contribution in [0.15, 0.2) is 11.0 Å². The van der Waals surface area contributed by atoms with Crippen LogP contribution >= 0.6 is 23.5 Å². The van der Waals surface area contributed by atoms with E-state index < -0.39 is 65.9 Å². The SMILES string of the molecule is C[C@@H](OP(=O)(O)OP(=O)(O)OP(=O)(O)O)[C@H]1O[C@@H](n2ncc(N)nc2=O)C(N)(C#CCF)[C@H]1O. The minimum atomic E-state index is -5.82. The molecule has 1 aromatic rings. The summed E-state index contributed by atoms with van der Waals surface area (Å²) in [5, 5.41) is 14.3. The van der Waals surface area contributed by atoms with Gasteiger partial charge in [-0.25, -0.2) is 22.9 Å². The molecule has 7 atom stereocenters. The monoisotopic (exact) mass is 553 g/mol. The van der Waals surface area contributed by atoms with Gasteiger partial charge in [0.2, 0.25) is 0 Å². The van der Waals surface area contributed by atoms with E-state index in [-0.39, 0.29) is 5.82 Å². The van der Waals surface area contributed by atoms with Gasteiger partial charge in [0.1, 0.15) is 24.7 Å². The molecule has 0 aromatic carbocycles. The highest BCUT2D eigenvalue weighted by atomic mass is 31.3. The first-order chi connectivity index (χ1) is 15.4. The average molecular weight is 553 g/mol. The topological polar surface area (TPSA) is 289 Å². The normalized spacial score (nSPS) is 29.5. The lowest BCUT2D eigenvalue weighted by Crippen LogP contribution is -2.56. The number of nitrogens with zero attached hydrogens (tertiary/aromatic N) is 3. The van der Waals surface area contributed by atoms with Gasteiger partial charge in [-0.15, -0.1) is 0 Å². The molecule has 1 aliphatic heterocycles. The zero-order valence-corrected chi connectivity index (χ0v) is 19.5. The van der Waals surface area contributed by atoms with Crippen molar-refractivity contribution in [3.8, 4) is 11.8 Å². The van der Waals surface area contributed by atoms with E-state index in [2.05, 4.69) is 29.1 Å². The van der Waals surface area contributed by atoms with Gasteiger partial charge < -0.3 is 40.9 Å². The fraction of sp³-hybridized carbons (Fsp3) is 0.583. The Morgan fingerprint density at radius 3 is 2.44 bits per heavy atom. The van der Waals surface area contributed by atoms with E-state index in [1.807, 2.05) is 5.92 Å². The summed E-state index contributed by atoms with van der Waals surface area (Å²) in [5.41, 5.74) is 8.03. The van der Waals surface area contributed by atoms with Crippen LogP contribution in [0.4, 0.5) is 10.2 Å². The molecule has 1 fully saturated rings. The fourth-order valence-corrected chi connectivity index (χ4v) is 5.99. The summed E-state index contributed by atoms with van der Waals surface area (Å²) in [6.07, 6.45) is -6.30. The number of halogens is 1. The maximum atomic E-state index is 12.7. The van der Waals surface area contributed by atoms with Gasteiger partial charge >= 0.3 is 29.2 Å². The molecule has 22 heteroatoms. The van der Waals surface area contributed by atoms with Crippen molar-refractivity contribution in [2.24, 2.45) is 5.73 Å². The van der Waals surface area contributed by atoms with Crippen LogP contribution in [-0.2, 0) is 31.6 Å². The van der Waals surface area contributed by atoms with Gasteiger partial charge in [0, 0.05) is 0 Å². The number of rotatable bonds is 8. The Morgan fingerprint density at radius 1 is 1.29 bits per heavy atom. The van der Waals surface area contributed by atoms with Crippen LogP contribution in [0.25, 0.3) is 0 Å². The molecule has 0 amide bonds. The highest BCUT2D eigenvalue weighted by Gasteiger charge is 2.58. The van der Waals surface area contributed by atoms with Gasteiger partial charge in [-0.3, -0.25) is 4.52 Å². The number of hydrogen-bond acceptors (Lipinski definition) is 13. The number of ether oxygens (including phenoxy) is 1. The molecule has 2 rings (SSSR count). The first-order valence-electron chi connectivity index (χ1n) is 8.63. The summed E-state index contributed by atoms with van der Waals surface area (Å²) in [6, 6.07) is 0. The van der Waals surface area contributed by atoms with Gasteiger partial charge in [-0.1, -0.05) is 11.8 Å². The number of nitrogens with two attached hydrogens (primary N) is 2. The van der Waals surface area contributed by atoms with Crippen molar-refractivity contribution >= 4 is 29.3 Å². The van der Waals surface area contributed by atoms with Crippen molar-refractivity contribution in [2.75, 3.05) is 12.4 Å². The standard InChI is InChI=1S/C12H19FN5O13P3/c1-6(29-33(24,25)31-34(26,27)30-32(21,22)23)8-9(19)12(15,3-2-4-13)10(28-8)18-11(20)17-7(14)5-16-18/h5-6,8-10,19H,4,15H2,1H3,(H,24,25)(H,26,27)(H2,14,17,20)(H2,21,22,23)/t6-,8-,9+,10-,12?/m1/s1. The minimum absolute atomic E-state index is 0.283. The zero-order valence-electron chi connectivity index (χ0n) is 16.8. The molecular formula is C12H19FN5O13P3. The summed E-state index contributed by atoms with van der Waals surface area (Å²) in [4.78, 5) is 51.6. The van der Waals surface area contributed by atoms with Crippen LogP contribution in [0.1, 0.15) is 13.2 Å². The first-order valence-corrected chi connectivity index (χ1v) is 13.1. The maximum absolute atomic E-state index is 12.7. The zero-order chi connectivity index (χ0) is 26.1. The fourth-order valence-electron chi connectivity index (χ4n) is 2.79. The smallest absolute Gasteiger partial charge is 0.387 e. The lowest BCUT2D eigenvalue weighted by atomic mass is 9.90. The molecule has 2 heterocycles. The van der Waals surface area contributed by atoms with Gasteiger partial charge in [0.15, 0.2) is 11.8 Å². The lowest BCUT2D eigenvalue weighted by molar-refractivity contribution is -0.0793. The van der Waals surface area contributed by atoms with E-state index in [0.717, 1.165) is 13.1 Å². The number of nitrogen functional groups attached to an aromatic ring is 1. The number of aliphatic hydroxyl groups is 1. The second-order valence-electron chi connectivity index (χ2n) is 6.58. The molecule has 1 saturated heterocycles. The predicted molar refractivity (Wildman–Crippen MR) is 106 cm³/mol. The van der Waals surface area contributed by atoms with Gasteiger partial charge in [-0.05, 0) is 6.92 Å². The Labute approximate surface area is 189 Å². The van der Waals surface area contributed by atoms with E-state index in [1.165, 1.54) is 0 Å². The van der Waals surface area contributed by atoms with Gasteiger partial charge in [0.05, 0.1) is 12.3 Å². The van der Waals surface area contributed by atoms with Crippen LogP contribution in [0.3, 0.4) is 0 Å². The van der Waals surface area contributed by atoms with E-state index >= 15 is 0 Å². The highest BCUT2D eigenvalue weighted by Crippen LogP contribution is 2.66. The van der Waals surface area contributed by atoms with Crippen LogP contribution in [0.5, 0.6) is 0 Å². The Hall–Kier alpha value is -1.61. The van der Waals surface area contributed by atoms with Crippen LogP contribution in [0.2, 0.25) is 0 Å². The molecule has 34 heavy (non-hydrogen) atoms. The number of phosphoric ester groups is 1. The Balaban J connectivity index is 2.34. The van der Waals surface area contributed by atoms with Crippen LogP contribution < -0.4 is 17.2 Å². The van der Waals surface area contributed by atoms with E-state index in [1.54, 1.807) is 0 Å². The maximum Gasteiger partial charge on any atom is 0.490 e. The molecule has 0 aliphatic carbocycles. The van der Waals surface area contributed by atoms with Gasteiger partial charge in [-0.2, -0.15) is 23.4 Å². The molecular weight excluding hydrogens is 534 g/mol. The van der Waals surface area contributed by atoms with Crippen molar-refractivity contribution in [2.45, 2.75) is 37.0 Å². The summed E-state index contributed by atoms with van der Waals surface area (Å²) < 4.78 is 64.6. The molecule has 192 valence electrons. The van der Waals surface area contributed by atoms with Gasteiger partial charge in [0.25, 0.3) is 0 Å². The summed E-state index contributed by atoms with van der Waals surface area (Å²) in [6.45, 7) is -0.239. The summed E-state index contributed by atoms with van der Waals surface area (Å²) in [5.74, 6) is 3.84. The first kappa shape index (κ1) is 28.6. The highest BCUT2D eigenvalue weighted by molar-refractivity contribution is 7.66. The molecule has 0 bridgehead atoms. The number of aromatic nitrogens is 3. The van der Waals surface area contributed by atoms with Crippen molar-refractivity contribution in [3.63, 3.8) is 0 Å². The van der Waals surface area contributed by atoms with Crippen LogP contribution in [-0.4, -0.2) is 70.0 Å². The third-order valence-electron chi connectivity index (χ3n) is 4.00. The van der Waals surface area contributed by atoms with Crippen molar-refractivity contribution in [1.82, 2.24) is 14.8 Å². The molecule has 1 aromatic heterocycles. The molecule has 3 unspecified atom stereocenters. The Bertz CT molecular complexity index is 1180. The van der Waals surface area contributed by atoms with Crippen molar-refractivity contribution < 1.29 is 60.6 Å². The molecule has 1 aliphatic rings. The predicted octanol–water partition coefficient (Wildman–Crippen LogP) is -2.12. The number of hydrogen-bond donors (Lipinski definition) is 7. The number of aliphatic hydroxyl groups excluding tert-OH is 1. The minimum Gasteiger partial charge on any atom is -0.387 e. The largest absolute Gasteiger partial charge is 0.490 e. The number of alkyl halides is 1. The Kier molecular flexibility index (Phi) is 8.56. The van der Waals surface area contributed by atoms with E-state index in [4.69, 9.17) is 26.0 Å².